The van der Waals surface area contributed by atoms with Gasteiger partial charge in [0.05, 0.1) is 17.5 Å². The lowest BCUT2D eigenvalue weighted by Gasteiger charge is -2.57. The Labute approximate surface area is 146 Å². The van der Waals surface area contributed by atoms with Gasteiger partial charge >= 0.3 is 0 Å². The molecule has 0 aliphatic carbocycles. The fourth-order valence-electron chi connectivity index (χ4n) is 3.79. The van der Waals surface area contributed by atoms with Crippen LogP contribution in [0, 0.1) is 16.7 Å². The molecule has 0 radical (unpaired) electrons. The number of piperazine rings is 1. The van der Waals surface area contributed by atoms with Gasteiger partial charge in [0.2, 0.25) is 0 Å². The van der Waals surface area contributed by atoms with Crippen molar-refractivity contribution in [1.29, 1.82) is 5.26 Å². The quantitative estimate of drug-likeness (QED) is 0.716. The predicted molar refractivity (Wildman–Crippen MR) is 91.3 cm³/mol. The van der Waals surface area contributed by atoms with Crippen LogP contribution in [0.3, 0.4) is 0 Å². The molecule has 1 aromatic heterocycles. The number of rotatable bonds is 1. The minimum Gasteiger partial charge on any atom is -0.319 e. The van der Waals surface area contributed by atoms with E-state index in [-0.39, 0.29) is 17.9 Å². The minimum atomic E-state index is -0.965. The van der Waals surface area contributed by atoms with Gasteiger partial charge in [-0.1, -0.05) is 27.7 Å². The standard InChI is InChI=1S/C15H15N3O2S3/c1-13(8-16)7-15-12(20)17(3)14(2,22-23-15)11(19)18(15)10(13)9-5-4-6-21-9/h4-6,10H,7H2,1-3H3/t10?,13-,14?,15?/m1/s1. The number of amides is 2. The van der Waals surface area contributed by atoms with Crippen molar-refractivity contribution in [2.45, 2.75) is 36.1 Å². The van der Waals surface area contributed by atoms with Crippen LogP contribution in [0.25, 0.3) is 0 Å². The Bertz CT molecular complexity index is 761. The first-order valence-corrected chi connectivity index (χ1v) is 10.3. The summed E-state index contributed by atoms with van der Waals surface area (Å²) in [6, 6.07) is 5.91. The van der Waals surface area contributed by atoms with Crippen molar-refractivity contribution in [3.63, 3.8) is 0 Å². The molecule has 23 heavy (non-hydrogen) atoms. The van der Waals surface area contributed by atoms with E-state index in [1.807, 2.05) is 24.4 Å². The summed E-state index contributed by atoms with van der Waals surface area (Å²) in [6.07, 6.45) is 0.363. The maximum Gasteiger partial charge on any atom is 0.261 e. The van der Waals surface area contributed by atoms with Gasteiger partial charge in [-0.2, -0.15) is 5.26 Å². The molecular weight excluding hydrogens is 350 g/mol. The zero-order valence-electron chi connectivity index (χ0n) is 12.9. The topological polar surface area (TPSA) is 64.4 Å². The fourth-order valence-corrected chi connectivity index (χ4v) is 8.34. The highest BCUT2D eigenvalue weighted by Gasteiger charge is 2.74. The zero-order chi connectivity index (χ0) is 16.6. The van der Waals surface area contributed by atoms with Crippen LogP contribution in [0.5, 0.6) is 0 Å². The molecule has 5 rings (SSSR count). The monoisotopic (exact) mass is 365 g/mol. The van der Waals surface area contributed by atoms with Crippen LogP contribution in [0.2, 0.25) is 0 Å². The molecular formula is C15H15N3O2S3. The highest BCUT2D eigenvalue weighted by atomic mass is 33.1. The van der Waals surface area contributed by atoms with Gasteiger partial charge in [-0.3, -0.25) is 9.59 Å². The van der Waals surface area contributed by atoms with Crippen molar-refractivity contribution in [1.82, 2.24) is 9.80 Å². The Morgan fingerprint density at radius 3 is 2.65 bits per heavy atom. The van der Waals surface area contributed by atoms with Crippen molar-refractivity contribution in [3.8, 4) is 6.07 Å². The van der Waals surface area contributed by atoms with E-state index in [2.05, 4.69) is 6.07 Å². The lowest BCUT2D eigenvalue weighted by molar-refractivity contribution is -0.164. The van der Waals surface area contributed by atoms with E-state index in [4.69, 9.17) is 0 Å². The van der Waals surface area contributed by atoms with Crippen LogP contribution < -0.4 is 0 Å². The molecule has 2 amide bonds. The van der Waals surface area contributed by atoms with Crippen molar-refractivity contribution in [2.75, 3.05) is 7.05 Å². The summed E-state index contributed by atoms with van der Waals surface area (Å²) in [5.41, 5.74) is -0.778. The summed E-state index contributed by atoms with van der Waals surface area (Å²) >= 11 is 1.53. The Morgan fingerprint density at radius 2 is 2.04 bits per heavy atom. The van der Waals surface area contributed by atoms with Gasteiger partial charge in [0.1, 0.15) is 0 Å². The third-order valence-corrected chi connectivity index (χ3v) is 9.79. The van der Waals surface area contributed by atoms with Crippen LogP contribution in [-0.2, 0) is 9.59 Å². The van der Waals surface area contributed by atoms with E-state index < -0.39 is 15.2 Å². The van der Waals surface area contributed by atoms with Gasteiger partial charge in [0, 0.05) is 18.3 Å². The number of thiophene rings is 1. The molecule has 0 N–H and O–H groups in total. The number of nitriles is 1. The molecule has 4 aliphatic heterocycles. The average Bonchev–Trinajstić information content (AvgIpc) is 3.13. The number of nitrogens with zero attached hydrogens (tertiary/aromatic N) is 3. The van der Waals surface area contributed by atoms with Gasteiger partial charge in [-0.25, -0.2) is 0 Å². The maximum atomic E-state index is 13.2. The summed E-state index contributed by atoms with van der Waals surface area (Å²) in [7, 11) is 4.57. The van der Waals surface area contributed by atoms with E-state index in [0.29, 0.717) is 6.42 Å². The number of likely N-dealkylation sites (N-methyl/N-ethyl adjacent to an activating group) is 1. The van der Waals surface area contributed by atoms with Crippen LogP contribution in [0.4, 0.5) is 0 Å². The van der Waals surface area contributed by atoms with Crippen LogP contribution >= 0.6 is 32.9 Å². The van der Waals surface area contributed by atoms with Crippen molar-refractivity contribution >= 4 is 44.7 Å². The molecule has 5 heterocycles. The van der Waals surface area contributed by atoms with E-state index in [1.54, 1.807) is 23.8 Å². The number of fused-ring (bicyclic) bond motifs is 2. The highest BCUT2D eigenvalue weighted by molar-refractivity contribution is 8.78. The molecule has 0 aromatic carbocycles. The smallest absolute Gasteiger partial charge is 0.261 e. The molecule has 0 saturated carbocycles. The molecule has 4 atom stereocenters. The SMILES string of the molecule is CN1C(=O)C23C[C@](C)(C#N)C(c4cccs4)N2C(=O)C1(C)SS3. The van der Waals surface area contributed by atoms with Gasteiger partial charge < -0.3 is 9.80 Å². The molecule has 4 saturated heterocycles. The molecule has 5 nitrogen and oxygen atoms in total. The predicted octanol–water partition coefficient (Wildman–Crippen LogP) is 2.83. The van der Waals surface area contributed by atoms with Crippen molar-refractivity contribution in [2.24, 2.45) is 5.41 Å². The molecule has 4 aliphatic rings. The third-order valence-electron chi connectivity index (χ3n) is 5.16. The van der Waals surface area contributed by atoms with E-state index in [0.717, 1.165) is 4.88 Å². The van der Waals surface area contributed by atoms with Gasteiger partial charge in [-0.05, 0) is 25.3 Å². The second-order valence-electron chi connectivity index (χ2n) is 6.60. The van der Waals surface area contributed by atoms with Crippen molar-refractivity contribution < 1.29 is 9.59 Å². The molecule has 120 valence electrons. The summed E-state index contributed by atoms with van der Waals surface area (Å²) in [6.45, 7) is 3.66. The Kier molecular flexibility index (Phi) is 2.98. The first-order chi connectivity index (χ1) is 10.8. The van der Waals surface area contributed by atoms with Gasteiger partial charge in [0.25, 0.3) is 11.8 Å². The second-order valence-corrected chi connectivity index (χ2v) is 10.4. The molecule has 1 spiro atoms. The summed E-state index contributed by atoms with van der Waals surface area (Å²) in [5.74, 6) is -0.135. The second kappa shape index (κ2) is 4.47. The first kappa shape index (κ1) is 15.4. The normalized spacial score (nSPS) is 42.1. The van der Waals surface area contributed by atoms with Crippen LogP contribution in [-0.4, -0.2) is 38.4 Å². The molecule has 1 aromatic rings. The number of carbonyl (C=O) groups is 2. The highest BCUT2D eigenvalue weighted by Crippen LogP contribution is 2.69. The van der Waals surface area contributed by atoms with E-state index in [9.17, 15) is 14.9 Å². The number of hydrogen-bond acceptors (Lipinski definition) is 6. The summed E-state index contributed by atoms with van der Waals surface area (Å²) in [5, 5.41) is 11.8. The number of carbonyl (C=O) groups excluding carboxylic acids is 2. The van der Waals surface area contributed by atoms with Gasteiger partial charge in [-0.15, -0.1) is 11.3 Å². The Balaban J connectivity index is 1.95. The molecule has 2 bridgehead atoms. The molecule has 8 heteroatoms. The van der Waals surface area contributed by atoms with Gasteiger partial charge in [0.15, 0.2) is 9.74 Å². The first-order valence-electron chi connectivity index (χ1n) is 7.24. The Hall–Kier alpha value is -1.17. The lowest BCUT2D eigenvalue weighted by Crippen LogP contribution is -2.73. The Morgan fingerprint density at radius 1 is 1.30 bits per heavy atom. The zero-order valence-corrected chi connectivity index (χ0v) is 15.3. The number of hydrogen-bond donors (Lipinski definition) is 0. The van der Waals surface area contributed by atoms with Crippen LogP contribution in [0.1, 0.15) is 31.2 Å². The van der Waals surface area contributed by atoms with E-state index in [1.165, 1.54) is 32.9 Å². The molecule has 3 unspecified atom stereocenters. The van der Waals surface area contributed by atoms with Crippen LogP contribution in [0.15, 0.2) is 17.5 Å². The maximum absolute atomic E-state index is 13.2. The average molecular weight is 366 g/mol. The minimum absolute atomic E-state index is 0.0659. The molecule has 4 fully saturated rings. The fraction of sp³-hybridized carbons (Fsp3) is 0.533. The summed E-state index contributed by atoms with van der Waals surface area (Å²) < 4.78 is 0. The summed E-state index contributed by atoms with van der Waals surface area (Å²) in [4.78, 5) is 28.7. The third kappa shape index (κ3) is 1.61. The lowest BCUT2D eigenvalue weighted by atomic mass is 9.82. The largest absolute Gasteiger partial charge is 0.319 e. The van der Waals surface area contributed by atoms with Crippen molar-refractivity contribution in [3.05, 3.63) is 22.4 Å². The van der Waals surface area contributed by atoms with E-state index >= 15 is 0 Å².